The quantitative estimate of drug-likeness (QED) is 0.263. The van der Waals surface area contributed by atoms with E-state index in [1.165, 1.54) is 18.2 Å². The van der Waals surface area contributed by atoms with Crippen molar-refractivity contribution >= 4 is 46.0 Å². The van der Waals surface area contributed by atoms with E-state index in [4.69, 9.17) is 25.8 Å². The summed E-state index contributed by atoms with van der Waals surface area (Å²) in [6, 6.07) is 4.41. The number of carbonyl (C=O) groups excluding carboxylic acids is 3. The van der Waals surface area contributed by atoms with Gasteiger partial charge in [-0.2, -0.15) is 0 Å². The minimum Gasteiger partial charge on any atom is -0.494 e. The molecule has 1 N–H and O–H groups in total. The number of esters is 1. The first-order valence-corrected chi connectivity index (χ1v) is 17.2. The van der Waals surface area contributed by atoms with E-state index in [9.17, 15) is 24.3 Å². The number of aromatic nitrogens is 1. The molecular weight excluding hydrogens is 636 g/mol. The second-order valence-corrected chi connectivity index (χ2v) is 15.3. The number of carboxylic acid groups (broad SMARTS) is 1. The van der Waals surface area contributed by atoms with E-state index in [0.29, 0.717) is 34.4 Å². The number of aliphatic carboxylic acids is 1. The SMILES string of the molecule is COc1cnc(O[C@@H]2C[C@H]3C(=O)C[C@]4(C(=O)O)C[C@H]4/C=C\CCC(C)C[C@@H](C)[C@H](CC(=O)OC(C)(C)C)C(=O)N3C2)c2cccc(Cl)c12. The van der Waals surface area contributed by atoms with Gasteiger partial charge in [-0.15, -0.1) is 0 Å². The molecule has 3 aliphatic rings. The highest BCUT2D eigenvalue weighted by molar-refractivity contribution is 6.36. The molecule has 2 aromatic rings. The second kappa shape index (κ2) is 14.1. The van der Waals surface area contributed by atoms with Crippen molar-refractivity contribution < 1.29 is 38.5 Å². The van der Waals surface area contributed by atoms with Crippen LogP contribution in [0.25, 0.3) is 10.8 Å². The summed E-state index contributed by atoms with van der Waals surface area (Å²) in [5.74, 6) is -2.29. The number of hydrogen-bond donors (Lipinski definition) is 1. The first-order valence-electron chi connectivity index (χ1n) is 16.9. The molecule has 1 aromatic heterocycles. The van der Waals surface area contributed by atoms with Gasteiger partial charge in [0, 0.05) is 23.6 Å². The molecule has 1 aliphatic carbocycles. The number of ketones is 1. The van der Waals surface area contributed by atoms with Crippen molar-refractivity contribution in [2.45, 2.75) is 97.3 Å². The number of nitrogens with zero attached hydrogens (tertiary/aromatic N) is 2. The number of allylic oxidation sites excluding steroid dienone is 2. The van der Waals surface area contributed by atoms with Crippen LogP contribution in [0.3, 0.4) is 0 Å². The molecule has 48 heavy (non-hydrogen) atoms. The smallest absolute Gasteiger partial charge is 0.310 e. The molecule has 0 radical (unpaired) electrons. The number of amides is 1. The molecule has 1 amide bonds. The Kier molecular flexibility index (Phi) is 10.4. The molecule has 1 saturated heterocycles. The lowest BCUT2D eigenvalue weighted by molar-refractivity contribution is -0.160. The summed E-state index contributed by atoms with van der Waals surface area (Å²) in [4.78, 5) is 60.4. The minimum absolute atomic E-state index is 0.0709. The summed E-state index contributed by atoms with van der Waals surface area (Å²) in [6.07, 6.45) is 7.39. The standard InChI is InChI=1S/C37H47ClN2O8/c1-21-10-7-8-11-23-17-37(23,35(44)45)18-29(41)28-15-24(47-33-25-12-9-13-27(38)32(25)30(46-6)19-39-33)20-40(28)34(43)26(22(2)14-21)16-31(42)48-36(3,4)5/h8-9,11-13,19,21-24,26,28H,7,10,14-18,20H2,1-6H3,(H,44,45)/b11-8-/t21?,22-,23-,24-,26+,28+,37-/m1/s1. The molecular formula is C37H47ClN2O8. The van der Waals surface area contributed by atoms with Crippen LogP contribution in [-0.4, -0.2) is 70.0 Å². The summed E-state index contributed by atoms with van der Waals surface area (Å²) < 4.78 is 17.6. The summed E-state index contributed by atoms with van der Waals surface area (Å²) in [5, 5.41) is 12.0. The number of carboxylic acids is 1. The average molecular weight is 683 g/mol. The van der Waals surface area contributed by atoms with Gasteiger partial charge in [0.15, 0.2) is 5.78 Å². The minimum atomic E-state index is -1.19. The number of pyridine rings is 1. The van der Waals surface area contributed by atoms with Crippen molar-refractivity contribution in [1.29, 1.82) is 0 Å². The summed E-state index contributed by atoms with van der Waals surface area (Å²) in [6.45, 7) is 9.53. The van der Waals surface area contributed by atoms with Crippen LogP contribution in [0.4, 0.5) is 0 Å². The topological polar surface area (TPSA) is 132 Å². The van der Waals surface area contributed by atoms with Crippen molar-refractivity contribution in [2.75, 3.05) is 13.7 Å². The Morgan fingerprint density at radius 3 is 2.60 bits per heavy atom. The number of benzene rings is 1. The van der Waals surface area contributed by atoms with Crippen molar-refractivity contribution in [3.63, 3.8) is 0 Å². The molecule has 11 heteroatoms. The first-order chi connectivity index (χ1) is 22.6. The van der Waals surface area contributed by atoms with E-state index in [1.54, 1.807) is 32.9 Å². The number of Topliss-reactive ketones (excluding diaryl/α,β-unsaturated/α-hetero) is 1. The fraction of sp³-hybridized carbons (Fsp3) is 0.595. The van der Waals surface area contributed by atoms with E-state index in [2.05, 4.69) is 11.9 Å². The number of halogens is 1. The molecule has 260 valence electrons. The largest absolute Gasteiger partial charge is 0.494 e. The van der Waals surface area contributed by atoms with E-state index in [1.807, 2.05) is 25.1 Å². The van der Waals surface area contributed by atoms with Crippen LogP contribution >= 0.6 is 11.6 Å². The fourth-order valence-electron chi connectivity index (χ4n) is 7.45. The predicted octanol–water partition coefficient (Wildman–Crippen LogP) is 6.66. The molecule has 2 aliphatic heterocycles. The summed E-state index contributed by atoms with van der Waals surface area (Å²) in [7, 11) is 1.53. The van der Waals surface area contributed by atoms with Crippen LogP contribution in [0.2, 0.25) is 5.02 Å². The molecule has 7 atom stereocenters. The van der Waals surface area contributed by atoms with Gasteiger partial charge in [0.2, 0.25) is 11.8 Å². The zero-order chi connectivity index (χ0) is 35.0. The lowest BCUT2D eigenvalue weighted by Crippen LogP contribution is -2.47. The molecule has 0 spiro atoms. The molecule has 0 bridgehead atoms. The van der Waals surface area contributed by atoms with Crippen LogP contribution in [0.1, 0.15) is 79.6 Å². The molecule has 3 heterocycles. The second-order valence-electron chi connectivity index (χ2n) is 14.9. The van der Waals surface area contributed by atoms with Gasteiger partial charge in [0.1, 0.15) is 17.5 Å². The Hall–Kier alpha value is -3.66. The summed E-state index contributed by atoms with van der Waals surface area (Å²) in [5.41, 5.74) is -1.92. The van der Waals surface area contributed by atoms with Crippen LogP contribution in [0.5, 0.6) is 11.6 Å². The Morgan fingerprint density at radius 2 is 1.92 bits per heavy atom. The Bertz CT molecular complexity index is 1600. The maximum Gasteiger partial charge on any atom is 0.310 e. The zero-order valence-electron chi connectivity index (χ0n) is 28.7. The van der Waals surface area contributed by atoms with Crippen LogP contribution < -0.4 is 9.47 Å². The molecule has 2 fully saturated rings. The van der Waals surface area contributed by atoms with Gasteiger partial charge in [0.25, 0.3) is 0 Å². The fourth-order valence-corrected chi connectivity index (χ4v) is 7.71. The lowest BCUT2D eigenvalue weighted by Gasteiger charge is -2.32. The number of hydrogen-bond acceptors (Lipinski definition) is 8. The molecule has 1 saturated carbocycles. The third kappa shape index (κ3) is 7.64. The zero-order valence-corrected chi connectivity index (χ0v) is 29.4. The van der Waals surface area contributed by atoms with E-state index in [0.717, 1.165) is 12.8 Å². The third-order valence-electron chi connectivity index (χ3n) is 10.0. The van der Waals surface area contributed by atoms with Crippen molar-refractivity contribution in [1.82, 2.24) is 9.88 Å². The van der Waals surface area contributed by atoms with Gasteiger partial charge in [-0.05, 0) is 76.3 Å². The highest BCUT2D eigenvalue weighted by atomic mass is 35.5. The van der Waals surface area contributed by atoms with Gasteiger partial charge in [-0.25, -0.2) is 4.98 Å². The maximum absolute atomic E-state index is 14.6. The predicted molar refractivity (Wildman–Crippen MR) is 181 cm³/mol. The first kappa shape index (κ1) is 35.6. The lowest BCUT2D eigenvalue weighted by atomic mass is 9.82. The molecule has 1 aromatic carbocycles. The Balaban J connectivity index is 1.51. The van der Waals surface area contributed by atoms with E-state index < -0.39 is 41.0 Å². The van der Waals surface area contributed by atoms with Crippen molar-refractivity contribution in [2.24, 2.45) is 29.1 Å². The van der Waals surface area contributed by atoms with Gasteiger partial charge in [0.05, 0.1) is 48.7 Å². The highest BCUT2D eigenvalue weighted by Crippen LogP contribution is 2.57. The van der Waals surface area contributed by atoms with Gasteiger partial charge in [-0.3, -0.25) is 19.2 Å². The number of fused-ring (bicyclic) bond motifs is 3. The van der Waals surface area contributed by atoms with E-state index in [-0.39, 0.29) is 61.1 Å². The van der Waals surface area contributed by atoms with Crippen molar-refractivity contribution in [3.05, 3.63) is 41.6 Å². The average Bonchev–Trinajstić information content (AvgIpc) is 3.54. The normalized spacial score (nSPS) is 30.4. The maximum atomic E-state index is 14.6. The van der Waals surface area contributed by atoms with Crippen LogP contribution in [-0.2, 0) is 23.9 Å². The number of ether oxygens (including phenoxy) is 3. The number of carbonyl (C=O) groups is 4. The Morgan fingerprint density at radius 1 is 1.17 bits per heavy atom. The number of methoxy groups -OCH3 is 1. The van der Waals surface area contributed by atoms with Crippen LogP contribution in [0, 0.1) is 29.1 Å². The third-order valence-corrected chi connectivity index (χ3v) is 10.3. The van der Waals surface area contributed by atoms with Gasteiger partial charge >= 0.3 is 11.9 Å². The van der Waals surface area contributed by atoms with Crippen molar-refractivity contribution in [3.8, 4) is 11.6 Å². The number of rotatable bonds is 6. The van der Waals surface area contributed by atoms with Crippen LogP contribution in [0.15, 0.2) is 36.5 Å². The van der Waals surface area contributed by atoms with E-state index >= 15 is 0 Å². The Labute approximate surface area is 287 Å². The molecule has 10 nitrogen and oxygen atoms in total. The van der Waals surface area contributed by atoms with Gasteiger partial charge < -0.3 is 24.2 Å². The summed E-state index contributed by atoms with van der Waals surface area (Å²) >= 11 is 6.52. The van der Waals surface area contributed by atoms with Gasteiger partial charge in [-0.1, -0.05) is 43.7 Å². The molecule has 1 unspecified atom stereocenters. The molecule has 5 rings (SSSR count). The highest BCUT2D eigenvalue weighted by Gasteiger charge is 2.61. The monoisotopic (exact) mass is 682 g/mol.